The van der Waals surface area contributed by atoms with E-state index in [0.29, 0.717) is 36.0 Å². The number of likely N-dealkylation sites (tertiary alicyclic amines) is 1. The molecule has 0 unspecified atom stereocenters. The molecule has 7 heteroatoms. The lowest BCUT2D eigenvalue weighted by Crippen LogP contribution is -2.60. The Morgan fingerprint density at radius 1 is 1.11 bits per heavy atom. The number of hydrogen-bond donors (Lipinski definition) is 3. The van der Waals surface area contributed by atoms with Crippen molar-refractivity contribution in [3.05, 3.63) is 70.2 Å². The second-order valence-corrected chi connectivity index (χ2v) is 12.0. The van der Waals surface area contributed by atoms with Gasteiger partial charge in [0.15, 0.2) is 0 Å². The molecule has 2 aliphatic rings. The molecule has 2 saturated heterocycles. The monoisotopic (exact) mass is 525 g/mol. The summed E-state index contributed by atoms with van der Waals surface area (Å²) in [7, 11) is 0. The molecule has 2 aromatic carbocycles. The Labute approximate surface area is 225 Å². The number of aliphatic hydroxyl groups is 1. The van der Waals surface area contributed by atoms with Gasteiger partial charge in [-0.2, -0.15) is 0 Å². The van der Waals surface area contributed by atoms with E-state index in [1.54, 1.807) is 17.0 Å². The summed E-state index contributed by atoms with van der Waals surface area (Å²) in [4.78, 5) is 28.8. The summed E-state index contributed by atoms with van der Waals surface area (Å²) in [6, 6.07) is 14.5. The minimum absolute atomic E-state index is 0.0794. The van der Waals surface area contributed by atoms with Crippen LogP contribution in [-0.2, 0) is 10.4 Å². The van der Waals surface area contributed by atoms with E-state index in [9.17, 15) is 14.7 Å². The maximum absolute atomic E-state index is 13.7. The number of nitrogens with one attached hydrogen (secondary N) is 2. The topological polar surface area (TPSA) is 81.7 Å². The van der Waals surface area contributed by atoms with Crippen LogP contribution in [0.25, 0.3) is 0 Å². The molecule has 2 aromatic rings. The van der Waals surface area contributed by atoms with E-state index < -0.39 is 17.1 Å². The lowest BCUT2D eigenvalue weighted by Gasteiger charge is -2.51. The molecule has 200 valence electrons. The van der Waals surface area contributed by atoms with Crippen molar-refractivity contribution in [1.82, 2.24) is 15.5 Å². The van der Waals surface area contributed by atoms with Crippen molar-refractivity contribution in [3.63, 3.8) is 0 Å². The molecule has 0 saturated carbocycles. The summed E-state index contributed by atoms with van der Waals surface area (Å²) < 4.78 is 0. The van der Waals surface area contributed by atoms with Crippen molar-refractivity contribution in [2.45, 2.75) is 64.5 Å². The molecule has 2 atom stereocenters. The lowest BCUT2D eigenvalue weighted by atomic mass is 9.66. The van der Waals surface area contributed by atoms with Crippen LogP contribution in [0.5, 0.6) is 0 Å². The van der Waals surface area contributed by atoms with E-state index in [4.69, 9.17) is 11.6 Å². The first-order valence-electron chi connectivity index (χ1n) is 13.4. The van der Waals surface area contributed by atoms with Crippen LogP contribution in [0.2, 0.25) is 5.02 Å². The number of halogens is 1. The third-order valence-electron chi connectivity index (χ3n) is 8.26. The highest BCUT2D eigenvalue weighted by molar-refractivity contribution is 6.30. The largest absolute Gasteiger partial charge is 0.384 e. The highest BCUT2D eigenvalue weighted by Crippen LogP contribution is 2.46. The first kappa shape index (κ1) is 27.6. The van der Waals surface area contributed by atoms with Crippen LogP contribution in [0.3, 0.4) is 0 Å². The van der Waals surface area contributed by atoms with Gasteiger partial charge in [-0.25, -0.2) is 0 Å². The van der Waals surface area contributed by atoms with Crippen molar-refractivity contribution in [2.24, 2.45) is 11.3 Å². The van der Waals surface area contributed by atoms with Gasteiger partial charge in [-0.3, -0.25) is 9.59 Å². The Bertz CT molecular complexity index is 1110. The van der Waals surface area contributed by atoms with Gasteiger partial charge in [0.05, 0.1) is 5.60 Å². The van der Waals surface area contributed by atoms with Gasteiger partial charge in [-0.15, -0.1) is 0 Å². The van der Waals surface area contributed by atoms with Gasteiger partial charge < -0.3 is 20.6 Å². The summed E-state index contributed by atoms with van der Waals surface area (Å²) in [5.74, 6) is 0.0385. The van der Waals surface area contributed by atoms with Crippen molar-refractivity contribution < 1.29 is 14.7 Å². The average Bonchev–Trinajstić information content (AvgIpc) is 2.89. The van der Waals surface area contributed by atoms with Crippen molar-refractivity contribution in [1.29, 1.82) is 0 Å². The smallest absolute Gasteiger partial charge is 0.251 e. The van der Waals surface area contributed by atoms with Crippen molar-refractivity contribution in [3.8, 4) is 0 Å². The zero-order chi connectivity index (χ0) is 26.8. The maximum Gasteiger partial charge on any atom is 0.251 e. The number of benzene rings is 2. The van der Waals surface area contributed by atoms with Crippen LogP contribution < -0.4 is 10.6 Å². The fourth-order valence-corrected chi connectivity index (χ4v) is 5.92. The Balaban J connectivity index is 1.47. The lowest BCUT2D eigenvalue weighted by molar-refractivity contribution is -0.155. The van der Waals surface area contributed by atoms with Crippen LogP contribution in [0.1, 0.15) is 74.4 Å². The zero-order valence-electron chi connectivity index (χ0n) is 22.4. The Morgan fingerprint density at radius 2 is 1.78 bits per heavy atom. The fraction of sp³-hybridized carbons (Fsp3) is 0.533. The summed E-state index contributed by atoms with van der Waals surface area (Å²) in [6.07, 6.45) is 2.53. The predicted molar refractivity (Wildman–Crippen MR) is 148 cm³/mol. The minimum Gasteiger partial charge on any atom is -0.384 e. The van der Waals surface area contributed by atoms with Crippen LogP contribution >= 0.6 is 11.6 Å². The average molecular weight is 526 g/mol. The molecule has 0 aliphatic carbocycles. The first-order chi connectivity index (χ1) is 17.5. The predicted octanol–water partition coefficient (Wildman–Crippen LogP) is 4.71. The molecule has 2 fully saturated rings. The molecular weight excluding hydrogens is 486 g/mol. The molecule has 6 nitrogen and oxygen atoms in total. The highest BCUT2D eigenvalue weighted by atomic mass is 35.5. The normalized spacial score (nSPS) is 23.1. The molecule has 0 bridgehead atoms. The number of piperidine rings is 2. The van der Waals surface area contributed by atoms with Crippen molar-refractivity contribution in [2.75, 3.05) is 26.2 Å². The SMILES string of the molecule is CC(C)[C@@H](NC(=O)c1cccc(C2CCNCC2)c1)C(=O)N1CC[C@](O)(c2ccc(Cl)cc2)C(C)(C)C1. The van der Waals surface area contributed by atoms with E-state index >= 15 is 0 Å². The maximum atomic E-state index is 13.7. The first-order valence-corrected chi connectivity index (χ1v) is 13.8. The summed E-state index contributed by atoms with van der Waals surface area (Å²) in [5, 5.41) is 18.7. The van der Waals surface area contributed by atoms with Crippen molar-refractivity contribution >= 4 is 23.4 Å². The highest BCUT2D eigenvalue weighted by Gasteiger charge is 2.50. The Kier molecular flexibility index (Phi) is 8.32. The standard InChI is InChI=1S/C30H40ClN3O3/c1-20(2)26(33-27(35)23-7-5-6-22(18-23)21-12-15-32-16-13-21)28(36)34-17-14-30(37,29(3,4)19-34)24-8-10-25(31)11-9-24/h5-11,18,20-21,26,32,37H,12-17,19H2,1-4H3,(H,33,35)/t26-,30+/m1/s1. The molecule has 0 spiro atoms. The third-order valence-corrected chi connectivity index (χ3v) is 8.51. The minimum atomic E-state index is -1.08. The molecule has 2 amide bonds. The van der Waals surface area contributed by atoms with E-state index in [1.165, 1.54) is 5.56 Å². The number of hydrogen-bond acceptors (Lipinski definition) is 4. The Morgan fingerprint density at radius 3 is 2.41 bits per heavy atom. The number of nitrogens with zero attached hydrogens (tertiary/aromatic N) is 1. The molecule has 0 radical (unpaired) electrons. The second kappa shape index (κ2) is 11.1. The van der Waals surface area contributed by atoms with Gasteiger partial charge in [0.25, 0.3) is 5.91 Å². The van der Waals surface area contributed by atoms with Gasteiger partial charge in [0.1, 0.15) is 6.04 Å². The molecular formula is C30H40ClN3O3. The van der Waals surface area contributed by atoms with Crippen LogP contribution in [0.4, 0.5) is 0 Å². The Hall–Kier alpha value is -2.41. The van der Waals surface area contributed by atoms with E-state index in [1.807, 2.05) is 58.0 Å². The summed E-state index contributed by atoms with van der Waals surface area (Å²) in [5.41, 5.74) is 0.895. The number of rotatable bonds is 6. The number of carbonyl (C=O) groups excluding carboxylic acids is 2. The van der Waals surface area contributed by atoms with Gasteiger partial charge in [-0.05, 0) is 79.6 Å². The summed E-state index contributed by atoms with van der Waals surface area (Å²) >= 11 is 6.06. The van der Waals surface area contributed by atoms with Crippen LogP contribution in [-0.4, -0.2) is 54.0 Å². The summed E-state index contributed by atoms with van der Waals surface area (Å²) in [6.45, 7) is 10.6. The van der Waals surface area contributed by atoms with Crippen LogP contribution in [0.15, 0.2) is 48.5 Å². The molecule has 3 N–H and O–H groups in total. The number of carbonyl (C=O) groups is 2. The number of amides is 2. The van der Waals surface area contributed by atoms with Gasteiger partial charge in [-0.1, -0.05) is 63.6 Å². The third kappa shape index (κ3) is 5.87. The van der Waals surface area contributed by atoms with Gasteiger partial charge in [0, 0.05) is 29.1 Å². The van der Waals surface area contributed by atoms with Gasteiger partial charge >= 0.3 is 0 Å². The van der Waals surface area contributed by atoms with Crippen LogP contribution in [0, 0.1) is 11.3 Å². The van der Waals surface area contributed by atoms with E-state index in [2.05, 4.69) is 16.7 Å². The fourth-order valence-electron chi connectivity index (χ4n) is 5.79. The quantitative estimate of drug-likeness (QED) is 0.510. The van der Waals surface area contributed by atoms with E-state index in [-0.39, 0.29) is 17.7 Å². The second-order valence-electron chi connectivity index (χ2n) is 11.6. The van der Waals surface area contributed by atoms with Gasteiger partial charge in [0.2, 0.25) is 5.91 Å². The molecule has 4 rings (SSSR count). The molecule has 0 aromatic heterocycles. The molecule has 2 heterocycles. The molecule has 37 heavy (non-hydrogen) atoms. The van der Waals surface area contributed by atoms with E-state index in [0.717, 1.165) is 31.5 Å². The zero-order valence-corrected chi connectivity index (χ0v) is 23.1. The molecule has 2 aliphatic heterocycles.